The Morgan fingerprint density at radius 1 is 0.967 bits per heavy atom. The van der Waals surface area contributed by atoms with E-state index in [-0.39, 0.29) is 5.91 Å². The van der Waals surface area contributed by atoms with Crippen LogP contribution < -0.4 is 14.8 Å². The van der Waals surface area contributed by atoms with Crippen molar-refractivity contribution >= 4 is 11.6 Å². The van der Waals surface area contributed by atoms with E-state index in [1.807, 2.05) is 66.3 Å². The lowest BCUT2D eigenvalue weighted by Crippen LogP contribution is -2.18. The number of nitrogens with one attached hydrogen (secondary N) is 1. The molecule has 1 aliphatic rings. The molecule has 150 valence electrons. The van der Waals surface area contributed by atoms with E-state index in [4.69, 9.17) is 9.47 Å². The van der Waals surface area contributed by atoms with Crippen LogP contribution in [0.4, 0.5) is 5.69 Å². The van der Waals surface area contributed by atoms with Gasteiger partial charge in [-0.05, 0) is 43.3 Å². The van der Waals surface area contributed by atoms with Crippen LogP contribution in [-0.4, -0.2) is 33.5 Å². The fourth-order valence-electron chi connectivity index (χ4n) is 3.56. The molecule has 1 aliphatic heterocycles. The smallest absolute Gasteiger partial charge is 0.261 e. The maximum absolute atomic E-state index is 13.3. The van der Waals surface area contributed by atoms with Crippen molar-refractivity contribution in [3.63, 3.8) is 0 Å². The van der Waals surface area contributed by atoms with Gasteiger partial charge < -0.3 is 19.4 Å². The number of nitrogens with zero attached hydrogens (tertiary/aromatic N) is 3. The van der Waals surface area contributed by atoms with Gasteiger partial charge in [0, 0.05) is 24.1 Å². The van der Waals surface area contributed by atoms with Crippen molar-refractivity contribution in [2.24, 2.45) is 0 Å². The second-order valence-corrected chi connectivity index (χ2v) is 6.93. The quantitative estimate of drug-likeness (QED) is 0.562. The minimum absolute atomic E-state index is 0.241. The number of benzene rings is 2. The van der Waals surface area contributed by atoms with E-state index in [1.54, 1.807) is 22.9 Å². The van der Waals surface area contributed by atoms with Crippen molar-refractivity contribution in [2.75, 3.05) is 18.5 Å². The molecule has 1 amide bonds. The second kappa shape index (κ2) is 7.44. The summed E-state index contributed by atoms with van der Waals surface area (Å²) in [5.74, 6) is 1.75. The summed E-state index contributed by atoms with van der Waals surface area (Å²) in [6, 6.07) is 19.0. The minimum atomic E-state index is -0.241. The summed E-state index contributed by atoms with van der Waals surface area (Å²) in [5.41, 5.74) is 2.65. The molecule has 30 heavy (non-hydrogen) atoms. The number of fused-ring (bicyclic) bond motifs is 1. The Morgan fingerprint density at radius 2 is 1.70 bits per heavy atom. The highest BCUT2D eigenvalue weighted by molar-refractivity contribution is 6.07. The third-order valence-electron chi connectivity index (χ3n) is 4.91. The fraction of sp³-hybridized carbons (Fsp3) is 0.130. The lowest BCUT2D eigenvalue weighted by Gasteiger charge is -2.19. The molecule has 3 heterocycles. The predicted molar refractivity (Wildman–Crippen MR) is 113 cm³/mol. The topological polar surface area (TPSA) is 70.3 Å². The predicted octanol–water partition coefficient (Wildman–Crippen LogP) is 3.99. The first-order valence-electron chi connectivity index (χ1n) is 9.70. The first kappa shape index (κ1) is 18.1. The molecule has 0 saturated heterocycles. The van der Waals surface area contributed by atoms with Crippen LogP contribution in [0, 0.1) is 6.92 Å². The van der Waals surface area contributed by atoms with Crippen LogP contribution in [-0.2, 0) is 0 Å². The molecule has 0 spiro atoms. The number of para-hydroxylation sites is 1. The van der Waals surface area contributed by atoms with Crippen molar-refractivity contribution in [2.45, 2.75) is 6.92 Å². The number of amides is 1. The van der Waals surface area contributed by atoms with Gasteiger partial charge in [-0.25, -0.2) is 4.68 Å². The number of aryl methyl sites for hydroxylation is 1. The molecule has 7 heteroatoms. The van der Waals surface area contributed by atoms with Gasteiger partial charge in [-0.15, -0.1) is 0 Å². The molecule has 2 aromatic heterocycles. The monoisotopic (exact) mass is 400 g/mol. The Kier molecular flexibility index (Phi) is 4.48. The molecule has 0 unspecified atom stereocenters. The average Bonchev–Trinajstić information content (AvgIpc) is 3.42. The van der Waals surface area contributed by atoms with Gasteiger partial charge in [0.2, 0.25) is 0 Å². The number of carbonyl (C=O) groups excluding carboxylic acids is 1. The van der Waals surface area contributed by atoms with Crippen molar-refractivity contribution < 1.29 is 14.3 Å². The number of carbonyl (C=O) groups is 1. The van der Waals surface area contributed by atoms with E-state index in [9.17, 15) is 4.79 Å². The third kappa shape index (κ3) is 3.20. The first-order chi connectivity index (χ1) is 14.7. The maximum atomic E-state index is 13.3. The maximum Gasteiger partial charge on any atom is 0.261 e. The van der Waals surface area contributed by atoms with Crippen molar-refractivity contribution in [1.82, 2.24) is 14.3 Å². The summed E-state index contributed by atoms with van der Waals surface area (Å²) in [7, 11) is 0. The van der Waals surface area contributed by atoms with Crippen LogP contribution in [0.25, 0.3) is 11.5 Å². The highest BCUT2D eigenvalue weighted by atomic mass is 16.6. The lowest BCUT2D eigenvalue weighted by atomic mass is 10.2. The second-order valence-electron chi connectivity index (χ2n) is 6.93. The number of hydrogen-bond acceptors (Lipinski definition) is 4. The Bertz CT molecular complexity index is 1200. The molecule has 1 N–H and O–H groups in total. The average molecular weight is 400 g/mol. The number of hydrogen-bond donors (Lipinski definition) is 1. The SMILES string of the molecule is Cc1nn(-c2ccccc2)c(-n2cccc2)c1C(=O)Nc1ccc2c(c1)OCCO2. The van der Waals surface area contributed by atoms with Crippen LogP contribution in [0.3, 0.4) is 0 Å². The summed E-state index contributed by atoms with van der Waals surface area (Å²) < 4.78 is 14.9. The Morgan fingerprint density at radius 3 is 2.47 bits per heavy atom. The van der Waals surface area contributed by atoms with E-state index in [1.165, 1.54) is 0 Å². The Balaban J connectivity index is 1.55. The molecule has 0 radical (unpaired) electrons. The summed E-state index contributed by atoms with van der Waals surface area (Å²) in [5, 5.41) is 7.64. The Labute approximate surface area is 173 Å². The van der Waals surface area contributed by atoms with Crippen LogP contribution in [0.5, 0.6) is 11.5 Å². The molecule has 5 rings (SSSR count). The van der Waals surface area contributed by atoms with Gasteiger partial charge in [-0.2, -0.15) is 5.10 Å². The number of rotatable bonds is 4. The number of anilines is 1. The van der Waals surface area contributed by atoms with Crippen LogP contribution in [0.1, 0.15) is 16.1 Å². The molecule has 0 saturated carbocycles. The van der Waals surface area contributed by atoms with Crippen molar-refractivity contribution in [3.05, 3.63) is 84.3 Å². The van der Waals surface area contributed by atoms with Gasteiger partial charge >= 0.3 is 0 Å². The normalized spacial score (nSPS) is 12.6. The van der Waals surface area contributed by atoms with Crippen molar-refractivity contribution in [1.29, 1.82) is 0 Å². The fourth-order valence-corrected chi connectivity index (χ4v) is 3.56. The van der Waals surface area contributed by atoms with Gasteiger partial charge in [-0.1, -0.05) is 18.2 Å². The highest BCUT2D eigenvalue weighted by Gasteiger charge is 2.24. The number of ether oxygens (including phenoxy) is 2. The zero-order valence-corrected chi connectivity index (χ0v) is 16.4. The van der Waals surface area contributed by atoms with Gasteiger partial charge in [0.05, 0.1) is 11.4 Å². The Hall–Kier alpha value is -4.00. The summed E-state index contributed by atoms with van der Waals surface area (Å²) >= 11 is 0. The van der Waals surface area contributed by atoms with E-state index >= 15 is 0 Å². The molecule has 4 aromatic rings. The molecule has 0 atom stereocenters. The lowest BCUT2D eigenvalue weighted by molar-refractivity contribution is 0.102. The molecular weight excluding hydrogens is 380 g/mol. The van der Waals surface area contributed by atoms with Gasteiger partial charge in [0.25, 0.3) is 5.91 Å². The van der Waals surface area contributed by atoms with E-state index < -0.39 is 0 Å². The van der Waals surface area contributed by atoms with Crippen LogP contribution >= 0.6 is 0 Å². The first-order valence-corrected chi connectivity index (χ1v) is 9.70. The molecule has 7 nitrogen and oxygen atoms in total. The largest absolute Gasteiger partial charge is 0.486 e. The van der Waals surface area contributed by atoms with Gasteiger partial charge in [-0.3, -0.25) is 4.79 Å². The highest BCUT2D eigenvalue weighted by Crippen LogP contribution is 2.33. The molecule has 0 aliphatic carbocycles. The minimum Gasteiger partial charge on any atom is -0.486 e. The standard InChI is InChI=1S/C23H20N4O3/c1-16-21(22(28)24-17-9-10-19-20(15-17)30-14-13-29-19)23(26-11-5-6-12-26)27(25-16)18-7-3-2-4-8-18/h2-12,15H,13-14H2,1H3,(H,24,28). The van der Waals surface area contributed by atoms with Crippen molar-refractivity contribution in [3.8, 4) is 23.0 Å². The summed E-state index contributed by atoms with van der Waals surface area (Å²) in [6.45, 7) is 2.85. The molecule has 0 fully saturated rings. The van der Waals surface area contributed by atoms with Crippen LogP contribution in [0.2, 0.25) is 0 Å². The zero-order chi connectivity index (χ0) is 20.5. The van der Waals surface area contributed by atoms with Gasteiger partial charge in [0.15, 0.2) is 17.3 Å². The van der Waals surface area contributed by atoms with E-state index in [2.05, 4.69) is 10.4 Å². The zero-order valence-electron chi connectivity index (χ0n) is 16.4. The van der Waals surface area contributed by atoms with Gasteiger partial charge in [0.1, 0.15) is 18.8 Å². The third-order valence-corrected chi connectivity index (χ3v) is 4.91. The van der Waals surface area contributed by atoms with E-state index in [0.717, 1.165) is 5.69 Å². The summed E-state index contributed by atoms with van der Waals surface area (Å²) in [6.07, 6.45) is 3.80. The van der Waals surface area contributed by atoms with Crippen LogP contribution in [0.15, 0.2) is 73.1 Å². The molecule has 0 bridgehead atoms. The molecular formula is C23H20N4O3. The summed E-state index contributed by atoms with van der Waals surface area (Å²) in [4.78, 5) is 13.3. The van der Waals surface area contributed by atoms with E-state index in [0.29, 0.717) is 47.5 Å². The molecule has 2 aromatic carbocycles. The number of aromatic nitrogens is 3.